The first-order valence-electron chi connectivity index (χ1n) is 7.92. The van der Waals surface area contributed by atoms with Gasteiger partial charge in [0, 0.05) is 5.39 Å². The van der Waals surface area contributed by atoms with Crippen molar-refractivity contribution >= 4 is 24.4 Å². The van der Waals surface area contributed by atoms with Crippen LogP contribution in [0.5, 0.6) is 5.75 Å². The smallest absolute Gasteiger partial charge is 0.175 e. The highest BCUT2D eigenvalue weighted by atomic mass is 28.3. The third-order valence-corrected chi connectivity index (χ3v) is 11.9. The van der Waals surface area contributed by atoms with Gasteiger partial charge in [0.1, 0.15) is 8.07 Å². The Morgan fingerprint density at radius 2 is 1.52 bits per heavy atom. The van der Waals surface area contributed by atoms with Gasteiger partial charge in [-0.2, -0.15) is 0 Å². The average Bonchev–Trinajstić information content (AvgIpc) is 2.81. The maximum Gasteiger partial charge on any atom is 0.175 e. The summed E-state index contributed by atoms with van der Waals surface area (Å²) in [7, 11) is -0.0413. The van der Waals surface area contributed by atoms with Crippen molar-refractivity contribution in [2.45, 2.75) is 58.2 Å². The van der Waals surface area contributed by atoms with E-state index < -0.39 is 8.07 Å². The Morgan fingerprint density at radius 3 is 2.00 bits per heavy atom. The third kappa shape index (κ3) is 2.42. The molecular weight excluding hydrogens is 276 g/mol. The van der Waals surface area contributed by atoms with Crippen LogP contribution in [0, 0.1) is 0 Å². The fourth-order valence-electron chi connectivity index (χ4n) is 4.26. The molecule has 116 valence electrons. The van der Waals surface area contributed by atoms with E-state index in [-0.39, 0.29) is 0 Å². The highest BCUT2D eigenvalue weighted by Gasteiger charge is 2.47. The summed E-state index contributed by atoms with van der Waals surface area (Å²) in [5.74, 6) is 0.831. The zero-order valence-electron chi connectivity index (χ0n) is 14.4. The van der Waals surface area contributed by atoms with Crippen LogP contribution in [-0.2, 0) is 0 Å². The Balaban J connectivity index is 2.71. The first-order chi connectivity index (χ1) is 9.85. The SMILES string of the molecule is COc1cccc2cc([Si](C(C)C)(C(C)C)C(C)C)oc12. The van der Waals surface area contributed by atoms with Crippen molar-refractivity contribution in [3.8, 4) is 5.75 Å². The minimum atomic E-state index is -1.74. The molecule has 0 atom stereocenters. The van der Waals surface area contributed by atoms with E-state index >= 15 is 0 Å². The Labute approximate surface area is 129 Å². The van der Waals surface area contributed by atoms with Gasteiger partial charge in [-0.15, -0.1) is 0 Å². The topological polar surface area (TPSA) is 22.4 Å². The Hall–Kier alpha value is -1.22. The molecule has 2 aromatic rings. The number of methoxy groups -OCH3 is 1. The predicted octanol–water partition coefficient (Wildman–Crippen LogP) is 5.33. The lowest BCUT2D eigenvalue weighted by atomic mass is 10.2. The highest BCUT2D eigenvalue weighted by molar-refractivity contribution is 6.94. The number of furan rings is 1. The molecule has 0 aliphatic carbocycles. The van der Waals surface area contributed by atoms with Gasteiger partial charge in [-0.25, -0.2) is 0 Å². The standard InChI is InChI=1S/C18H28O2Si/c1-12(2)21(13(3)4,14(5)6)17-11-15-9-8-10-16(19-7)18(15)20-17/h8-14H,1-7H3. The fourth-order valence-corrected chi connectivity index (χ4v) is 10.7. The highest BCUT2D eigenvalue weighted by Crippen LogP contribution is 2.42. The van der Waals surface area contributed by atoms with E-state index in [0.717, 1.165) is 16.7 Å². The molecule has 0 fully saturated rings. The van der Waals surface area contributed by atoms with E-state index in [1.807, 2.05) is 12.1 Å². The van der Waals surface area contributed by atoms with Gasteiger partial charge in [0.25, 0.3) is 0 Å². The predicted molar refractivity (Wildman–Crippen MR) is 93.4 cm³/mol. The number of fused-ring (bicyclic) bond motifs is 1. The second-order valence-electron chi connectivity index (χ2n) is 6.89. The number of rotatable bonds is 5. The average molecular weight is 305 g/mol. The van der Waals surface area contributed by atoms with E-state index in [4.69, 9.17) is 9.15 Å². The Kier molecular flexibility index (Phi) is 4.52. The van der Waals surface area contributed by atoms with Crippen LogP contribution in [0.3, 0.4) is 0 Å². The van der Waals surface area contributed by atoms with Crippen molar-refractivity contribution in [3.05, 3.63) is 24.3 Å². The van der Waals surface area contributed by atoms with Crippen LogP contribution < -0.4 is 10.1 Å². The quantitative estimate of drug-likeness (QED) is 0.697. The van der Waals surface area contributed by atoms with Crippen LogP contribution in [-0.4, -0.2) is 15.2 Å². The van der Waals surface area contributed by atoms with E-state index in [1.54, 1.807) is 7.11 Å². The summed E-state index contributed by atoms with van der Waals surface area (Å²) in [6, 6.07) is 8.39. The lowest BCUT2D eigenvalue weighted by Gasteiger charge is -2.40. The summed E-state index contributed by atoms with van der Waals surface area (Å²) in [6.07, 6.45) is 0. The molecule has 2 nitrogen and oxygen atoms in total. The molecule has 0 N–H and O–H groups in total. The van der Waals surface area contributed by atoms with Crippen molar-refractivity contribution in [1.29, 1.82) is 0 Å². The summed E-state index contributed by atoms with van der Waals surface area (Å²) in [4.78, 5) is 0. The van der Waals surface area contributed by atoms with Crippen LogP contribution in [0.4, 0.5) is 0 Å². The second-order valence-corrected chi connectivity index (χ2v) is 12.7. The number of hydrogen-bond acceptors (Lipinski definition) is 2. The van der Waals surface area contributed by atoms with Crippen LogP contribution in [0.2, 0.25) is 16.6 Å². The molecule has 0 saturated carbocycles. The molecule has 1 aromatic heterocycles. The van der Waals surface area contributed by atoms with Gasteiger partial charge in [-0.1, -0.05) is 53.7 Å². The molecule has 0 bridgehead atoms. The van der Waals surface area contributed by atoms with Crippen LogP contribution in [0.15, 0.2) is 28.7 Å². The molecule has 0 amide bonds. The van der Waals surface area contributed by atoms with Gasteiger partial charge in [0.2, 0.25) is 0 Å². The van der Waals surface area contributed by atoms with Gasteiger partial charge in [-0.05, 0) is 28.8 Å². The van der Waals surface area contributed by atoms with E-state index in [0.29, 0.717) is 16.6 Å². The molecule has 2 rings (SSSR count). The van der Waals surface area contributed by atoms with Gasteiger partial charge in [0.05, 0.1) is 12.5 Å². The van der Waals surface area contributed by atoms with Crippen molar-refractivity contribution in [1.82, 2.24) is 0 Å². The van der Waals surface area contributed by atoms with E-state index in [2.05, 4.69) is 53.7 Å². The molecule has 0 saturated heterocycles. The number of hydrogen-bond donors (Lipinski definition) is 0. The minimum absolute atomic E-state index is 0.643. The Morgan fingerprint density at radius 1 is 0.952 bits per heavy atom. The second kappa shape index (κ2) is 5.88. The van der Waals surface area contributed by atoms with Crippen LogP contribution in [0.1, 0.15) is 41.5 Å². The molecule has 0 radical (unpaired) electrons. The number of para-hydroxylation sites is 1. The summed E-state index contributed by atoms with van der Waals surface area (Å²) < 4.78 is 11.8. The first kappa shape index (κ1) is 16.2. The van der Waals surface area contributed by atoms with Crippen molar-refractivity contribution in [3.63, 3.8) is 0 Å². The van der Waals surface area contributed by atoms with Crippen LogP contribution in [0.25, 0.3) is 11.0 Å². The first-order valence-corrected chi connectivity index (χ1v) is 10.2. The normalized spacial score (nSPS) is 12.9. The van der Waals surface area contributed by atoms with Gasteiger partial charge >= 0.3 is 0 Å². The molecule has 3 heteroatoms. The summed E-state index contributed by atoms with van der Waals surface area (Å²) in [5.41, 5.74) is 2.82. The molecule has 0 unspecified atom stereocenters. The molecule has 1 aromatic carbocycles. The monoisotopic (exact) mass is 304 g/mol. The van der Waals surface area contributed by atoms with Gasteiger partial charge in [0.15, 0.2) is 11.3 Å². The minimum Gasteiger partial charge on any atom is -0.493 e. The maximum atomic E-state index is 6.38. The lowest BCUT2D eigenvalue weighted by molar-refractivity contribution is 0.411. The molecule has 1 heterocycles. The zero-order valence-corrected chi connectivity index (χ0v) is 15.4. The molecule has 21 heavy (non-hydrogen) atoms. The summed E-state index contributed by atoms with van der Waals surface area (Å²) >= 11 is 0. The fraction of sp³-hybridized carbons (Fsp3) is 0.556. The van der Waals surface area contributed by atoms with Crippen LogP contribution >= 0.6 is 0 Å². The maximum absolute atomic E-state index is 6.38. The summed E-state index contributed by atoms with van der Waals surface area (Å²) in [6.45, 7) is 14.1. The van der Waals surface area contributed by atoms with Crippen molar-refractivity contribution in [2.24, 2.45) is 0 Å². The van der Waals surface area contributed by atoms with E-state index in [9.17, 15) is 0 Å². The lowest BCUT2D eigenvalue weighted by Crippen LogP contribution is -2.55. The molecule has 0 spiro atoms. The number of ether oxygens (including phenoxy) is 1. The molecule has 0 aliphatic heterocycles. The summed E-state index contributed by atoms with van der Waals surface area (Å²) in [5, 5.41) is 2.38. The van der Waals surface area contributed by atoms with E-state index in [1.165, 1.54) is 5.38 Å². The molecular formula is C18H28O2Si. The zero-order chi connectivity index (χ0) is 15.8. The van der Waals surface area contributed by atoms with Crippen molar-refractivity contribution in [2.75, 3.05) is 7.11 Å². The van der Waals surface area contributed by atoms with Gasteiger partial charge in [-0.3, -0.25) is 0 Å². The Bertz CT molecular complexity index is 589. The third-order valence-electron chi connectivity index (χ3n) is 5.02. The number of benzene rings is 1. The van der Waals surface area contributed by atoms with Gasteiger partial charge < -0.3 is 9.15 Å². The largest absolute Gasteiger partial charge is 0.493 e. The molecule has 0 aliphatic rings. The van der Waals surface area contributed by atoms with Crippen molar-refractivity contribution < 1.29 is 9.15 Å².